The number of rotatable bonds is 6. The molecule has 0 amide bonds. The first-order valence-electron chi connectivity index (χ1n) is 6.77. The minimum atomic E-state index is -3.45. The molecule has 0 saturated carbocycles. The van der Waals surface area contributed by atoms with E-state index in [1.54, 1.807) is 17.3 Å². The summed E-state index contributed by atoms with van der Waals surface area (Å²) in [6.45, 7) is 5.09. The van der Waals surface area contributed by atoms with Crippen LogP contribution in [-0.2, 0) is 16.6 Å². The molecule has 19 heavy (non-hydrogen) atoms. The van der Waals surface area contributed by atoms with Crippen molar-refractivity contribution in [2.75, 3.05) is 19.6 Å². The van der Waals surface area contributed by atoms with E-state index in [4.69, 9.17) is 0 Å². The van der Waals surface area contributed by atoms with E-state index in [0.29, 0.717) is 11.4 Å². The van der Waals surface area contributed by atoms with Crippen molar-refractivity contribution in [2.45, 2.75) is 37.6 Å². The second-order valence-corrected chi connectivity index (χ2v) is 6.44. The molecule has 7 heteroatoms. The molecule has 0 atom stereocenters. The standard InChI is InChI=1S/C12H22N4O2S/c1-2-13-9-11-8-12(10-14-11)19(17,18)15-16-6-4-3-5-7-16/h8,10,13-15H,2-7,9H2,1H3. The molecule has 1 aliphatic heterocycles. The van der Waals surface area contributed by atoms with Gasteiger partial charge in [-0.1, -0.05) is 13.3 Å². The maximum atomic E-state index is 12.2. The van der Waals surface area contributed by atoms with Crippen LogP contribution in [0.15, 0.2) is 17.2 Å². The second kappa shape index (κ2) is 6.51. The van der Waals surface area contributed by atoms with Gasteiger partial charge in [-0.2, -0.15) is 0 Å². The third-order valence-corrected chi connectivity index (χ3v) is 4.55. The molecule has 0 aliphatic carbocycles. The number of aromatic nitrogens is 1. The Morgan fingerprint density at radius 3 is 2.74 bits per heavy atom. The molecule has 1 aromatic heterocycles. The summed E-state index contributed by atoms with van der Waals surface area (Å²) >= 11 is 0. The molecule has 2 rings (SSSR count). The molecule has 108 valence electrons. The average molecular weight is 286 g/mol. The molecule has 1 fully saturated rings. The summed E-state index contributed by atoms with van der Waals surface area (Å²) in [6.07, 6.45) is 4.80. The van der Waals surface area contributed by atoms with Gasteiger partial charge in [0.25, 0.3) is 10.0 Å². The van der Waals surface area contributed by atoms with Gasteiger partial charge < -0.3 is 10.3 Å². The minimum absolute atomic E-state index is 0.297. The monoisotopic (exact) mass is 286 g/mol. The molecule has 1 saturated heterocycles. The van der Waals surface area contributed by atoms with Gasteiger partial charge in [-0.05, 0) is 25.5 Å². The van der Waals surface area contributed by atoms with Crippen LogP contribution in [0, 0.1) is 0 Å². The van der Waals surface area contributed by atoms with Crippen molar-refractivity contribution in [1.29, 1.82) is 0 Å². The molecule has 0 radical (unpaired) electrons. The maximum Gasteiger partial charge on any atom is 0.254 e. The first-order valence-corrected chi connectivity index (χ1v) is 8.25. The average Bonchev–Trinajstić information content (AvgIpc) is 2.86. The first-order chi connectivity index (χ1) is 9.12. The van der Waals surface area contributed by atoms with Crippen LogP contribution < -0.4 is 10.1 Å². The first kappa shape index (κ1) is 14.5. The molecule has 0 unspecified atom stereocenters. The Labute approximate surface area is 114 Å². The van der Waals surface area contributed by atoms with Gasteiger partial charge in [0.1, 0.15) is 4.90 Å². The van der Waals surface area contributed by atoms with Crippen molar-refractivity contribution in [3.05, 3.63) is 18.0 Å². The molecule has 1 aromatic rings. The fourth-order valence-electron chi connectivity index (χ4n) is 2.14. The Morgan fingerprint density at radius 1 is 1.32 bits per heavy atom. The number of nitrogens with zero attached hydrogens (tertiary/aromatic N) is 1. The largest absolute Gasteiger partial charge is 0.363 e. The normalized spacial score (nSPS) is 17.7. The van der Waals surface area contributed by atoms with Crippen molar-refractivity contribution in [3.8, 4) is 0 Å². The molecule has 1 aliphatic rings. The summed E-state index contributed by atoms with van der Waals surface area (Å²) in [4.78, 5) is 5.93. The van der Waals surface area contributed by atoms with Crippen LogP contribution in [0.3, 0.4) is 0 Å². The molecular weight excluding hydrogens is 264 g/mol. The fraction of sp³-hybridized carbons (Fsp3) is 0.667. The van der Waals surface area contributed by atoms with E-state index < -0.39 is 10.0 Å². The lowest BCUT2D eigenvalue weighted by Crippen LogP contribution is -2.44. The molecule has 0 aromatic carbocycles. The Hall–Kier alpha value is -0.890. The summed E-state index contributed by atoms with van der Waals surface area (Å²) < 4.78 is 24.4. The summed E-state index contributed by atoms with van der Waals surface area (Å²) in [5, 5.41) is 4.94. The highest BCUT2D eigenvalue weighted by Crippen LogP contribution is 2.13. The van der Waals surface area contributed by atoms with E-state index in [1.165, 1.54) is 6.42 Å². The lowest BCUT2D eigenvalue weighted by Gasteiger charge is -2.26. The minimum Gasteiger partial charge on any atom is -0.363 e. The van der Waals surface area contributed by atoms with Gasteiger partial charge in [0.05, 0.1) is 0 Å². The van der Waals surface area contributed by atoms with Crippen LogP contribution in [0.2, 0.25) is 0 Å². The Balaban J connectivity index is 1.99. The third-order valence-electron chi connectivity index (χ3n) is 3.20. The van der Waals surface area contributed by atoms with E-state index in [9.17, 15) is 8.42 Å². The van der Waals surface area contributed by atoms with Crippen molar-refractivity contribution in [1.82, 2.24) is 20.1 Å². The lowest BCUT2D eigenvalue weighted by atomic mass is 10.2. The number of aromatic amines is 1. The molecular formula is C12H22N4O2S. The Bertz CT molecular complexity index is 492. The number of sulfonamides is 1. The maximum absolute atomic E-state index is 12.2. The fourth-order valence-corrected chi connectivity index (χ4v) is 3.28. The van der Waals surface area contributed by atoms with Gasteiger partial charge in [-0.15, -0.1) is 4.83 Å². The highest BCUT2D eigenvalue weighted by molar-refractivity contribution is 7.89. The lowest BCUT2D eigenvalue weighted by molar-refractivity contribution is 0.200. The zero-order valence-corrected chi connectivity index (χ0v) is 12.1. The summed E-state index contributed by atoms with van der Waals surface area (Å²) in [6, 6.07) is 1.68. The zero-order valence-electron chi connectivity index (χ0n) is 11.3. The van der Waals surface area contributed by atoms with Gasteiger partial charge in [0.2, 0.25) is 0 Å². The topological polar surface area (TPSA) is 77.2 Å². The van der Waals surface area contributed by atoms with Gasteiger partial charge in [0, 0.05) is 31.5 Å². The van der Waals surface area contributed by atoms with Crippen molar-refractivity contribution >= 4 is 10.0 Å². The van der Waals surface area contributed by atoms with Crippen LogP contribution in [0.5, 0.6) is 0 Å². The Morgan fingerprint density at radius 2 is 2.05 bits per heavy atom. The molecule has 6 nitrogen and oxygen atoms in total. The van der Waals surface area contributed by atoms with Crippen LogP contribution in [0.25, 0.3) is 0 Å². The van der Waals surface area contributed by atoms with Crippen LogP contribution in [0.4, 0.5) is 0 Å². The van der Waals surface area contributed by atoms with E-state index in [1.807, 2.05) is 6.92 Å². The van der Waals surface area contributed by atoms with Crippen LogP contribution in [-0.4, -0.2) is 38.0 Å². The second-order valence-electron chi connectivity index (χ2n) is 4.78. The SMILES string of the molecule is CCNCc1cc(S(=O)(=O)NN2CCCCC2)c[nH]1. The van der Waals surface area contributed by atoms with Gasteiger partial charge >= 0.3 is 0 Å². The van der Waals surface area contributed by atoms with Gasteiger partial charge in [-0.3, -0.25) is 0 Å². The van der Waals surface area contributed by atoms with E-state index in [0.717, 1.165) is 38.2 Å². The molecule has 2 heterocycles. The quantitative estimate of drug-likeness (QED) is 0.723. The number of hydrogen-bond donors (Lipinski definition) is 3. The smallest absolute Gasteiger partial charge is 0.254 e. The van der Waals surface area contributed by atoms with Gasteiger partial charge in [-0.25, -0.2) is 13.4 Å². The Kier molecular flexibility index (Phi) is 4.98. The van der Waals surface area contributed by atoms with Crippen molar-refractivity contribution in [2.24, 2.45) is 0 Å². The summed E-state index contributed by atoms with van der Waals surface area (Å²) in [7, 11) is -3.45. The highest BCUT2D eigenvalue weighted by Gasteiger charge is 2.20. The van der Waals surface area contributed by atoms with Crippen LogP contribution in [0.1, 0.15) is 31.9 Å². The molecule has 3 N–H and O–H groups in total. The number of nitrogens with one attached hydrogen (secondary N) is 3. The van der Waals surface area contributed by atoms with E-state index in [-0.39, 0.29) is 0 Å². The predicted molar refractivity (Wildman–Crippen MR) is 73.9 cm³/mol. The molecule has 0 spiro atoms. The van der Waals surface area contributed by atoms with E-state index >= 15 is 0 Å². The van der Waals surface area contributed by atoms with Crippen molar-refractivity contribution in [3.63, 3.8) is 0 Å². The summed E-state index contributed by atoms with van der Waals surface area (Å²) in [5.41, 5.74) is 0.876. The number of piperidine rings is 1. The number of hydrogen-bond acceptors (Lipinski definition) is 4. The van der Waals surface area contributed by atoms with Gasteiger partial charge in [0.15, 0.2) is 0 Å². The predicted octanol–water partition coefficient (Wildman–Crippen LogP) is 0.803. The molecule has 0 bridgehead atoms. The van der Waals surface area contributed by atoms with Crippen molar-refractivity contribution < 1.29 is 8.42 Å². The highest BCUT2D eigenvalue weighted by atomic mass is 32.2. The number of H-pyrrole nitrogens is 1. The summed E-state index contributed by atoms with van der Waals surface area (Å²) in [5.74, 6) is 0. The zero-order chi connectivity index (χ0) is 13.7. The third kappa shape index (κ3) is 4.04. The number of hydrazine groups is 1. The van der Waals surface area contributed by atoms with Crippen LogP contribution >= 0.6 is 0 Å². The van der Waals surface area contributed by atoms with E-state index in [2.05, 4.69) is 15.1 Å².